The van der Waals surface area contributed by atoms with Gasteiger partial charge in [-0.1, -0.05) is 6.07 Å². The van der Waals surface area contributed by atoms with E-state index in [0.717, 1.165) is 6.07 Å². The molecule has 4 rings (SSSR count). The largest absolute Gasteiger partial charge is 0.508 e. The maximum atomic E-state index is 13.3. The Hall–Kier alpha value is -2.89. The Bertz CT molecular complexity index is 1030. The average molecular weight is 434 g/mol. The van der Waals surface area contributed by atoms with Crippen LogP contribution in [0.25, 0.3) is 0 Å². The van der Waals surface area contributed by atoms with Gasteiger partial charge in [-0.05, 0) is 23.3 Å². The van der Waals surface area contributed by atoms with Crippen molar-refractivity contribution in [3.05, 3.63) is 46.5 Å². The van der Waals surface area contributed by atoms with E-state index >= 15 is 0 Å². The molecule has 6 atom stereocenters. The molecular formula is C21H22O10. The van der Waals surface area contributed by atoms with Gasteiger partial charge in [-0.25, -0.2) is 0 Å². The van der Waals surface area contributed by atoms with Gasteiger partial charge in [0.2, 0.25) is 5.78 Å². The second-order valence-electron chi connectivity index (χ2n) is 7.61. The third-order valence-electron chi connectivity index (χ3n) is 5.89. The van der Waals surface area contributed by atoms with Gasteiger partial charge < -0.3 is 45.2 Å². The van der Waals surface area contributed by atoms with Crippen molar-refractivity contribution in [2.45, 2.75) is 36.4 Å². The first kappa shape index (κ1) is 21.3. The van der Waals surface area contributed by atoms with Gasteiger partial charge in [0.1, 0.15) is 35.9 Å². The minimum absolute atomic E-state index is 0.0852. The smallest absolute Gasteiger partial charge is 0.201 e. The van der Waals surface area contributed by atoms with Crippen molar-refractivity contribution in [2.24, 2.45) is 0 Å². The molecule has 2 aromatic rings. The fraction of sp³-hybridized carbons (Fsp3) is 0.381. The topological polar surface area (TPSA) is 177 Å². The third-order valence-corrected chi connectivity index (χ3v) is 5.89. The lowest BCUT2D eigenvalue weighted by atomic mass is 9.71. The van der Waals surface area contributed by atoms with Gasteiger partial charge >= 0.3 is 0 Å². The van der Waals surface area contributed by atoms with Gasteiger partial charge in [0.25, 0.3) is 0 Å². The average Bonchev–Trinajstić information content (AvgIpc) is 2.73. The first-order valence-electron chi connectivity index (χ1n) is 9.52. The summed E-state index contributed by atoms with van der Waals surface area (Å²) in [6, 6.07) is 4.87. The number of ketones is 1. The molecule has 1 saturated heterocycles. The fourth-order valence-corrected chi connectivity index (χ4v) is 4.47. The molecule has 0 amide bonds. The Labute approximate surface area is 176 Å². The van der Waals surface area contributed by atoms with Gasteiger partial charge in [0, 0.05) is 12.0 Å². The van der Waals surface area contributed by atoms with Crippen LogP contribution >= 0.6 is 0 Å². The second-order valence-corrected chi connectivity index (χ2v) is 7.61. The number of phenolic OH excluding ortho intramolecular Hbond substituents is 3. The first-order valence-corrected chi connectivity index (χ1v) is 9.52. The van der Waals surface area contributed by atoms with E-state index < -0.39 is 54.6 Å². The van der Waals surface area contributed by atoms with Crippen LogP contribution in [0.5, 0.6) is 23.0 Å². The van der Waals surface area contributed by atoms with Crippen LogP contribution in [0.1, 0.15) is 33.0 Å². The number of aromatic hydroxyl groups is 3. The Balaban J connectivity index is 1.99. The van der Waals surface area contributed by atoms with E-state index in [4.69, 9.17) is 9.47 Å². The van der Waals surface area contributed by atoms with Crippen LogP contribution in [0.2, 0.25) is 0 Å². The number of rotatable bonds is 3. The standard InChI is InChI=1S/C21H22O10/c1-30-20-10(24)3-2-8-13(21-19(29)18(28)16(26)12(6-22)31-21)9-4-7(23)5-11(25)14(9)17(27)15(8)20/h2-5,12-13,16,18-19,21-26,28-29H,6H2,1H3/t12-,13?,16-,18-,19-,21-/m1/s1. The maximum absolute atomic E-state index is 13.3. The molecule has 31 heavy (non-hydrogen) atoms. The number of aliphatic hydroxyl groups excluding tert-OH is 4. The Morgan fingerprint density at radius 3 is 2.29 bits per heavy atom. The number of carbonyl (C=O) groups is 1. The quantitative estimate of drug-likeness (QED) is 0.328. The van der Waals surface area contributed by atoms with Crippen LogP contribution in [0, 0.1) is 0 Å². The fourth-order valence-electron chi connectivity index (χ4n) is 4.47. The van der Waals surface area contributed by atoms with Gasteiger partial charge in [-0.3, -0.25) is 4.79 Å². The summed E-state index contributed by atoms with van der Waals surface area (Å²) in [5, 5.41) is 71.3. The number of hydrogen-bond donors (Lipinski definition) is 7. The lowest BCUT2D eigenvalue weighted by Gasteiger charge is -2.45. The molecule has 2 aliphatic rings. The van der Waals surface area contributed by atoms with E-state index in [2.05, 4.69) is 0 Å². The van der Waals surface area contributed by atoms with Crippen LogP contribution in [0.15, 0.2) is 24.3 Å². The van der Waals surface area contributed by atoms with Crippen molar-refractivity contribution in [3.8, 4) is 23.0 Å². The summed E-state index contributed by atoms with van der Waals surface area (Å²) < 4.78 is 10.9. The van der Waals surface area contributed by atoms with Crippen LogP contribution in [-0.4, -0.2) is 85.8 Å². The summed E-state index contributed by atoms with van der Waals surface area (Å²) >= 11 is 0. The van der Waals surface area contributed by atoms with Crippen LogP contribution in [0.3, 0.4) is 0 Å². The van der Waals surface area contributed by atoms with Crippen molar-refractivity contribution in [2.75, 3.05) is 13.7 Å². The lowest BCUT2D eigenvalue weighted by molar-refractivity contribution is -0.232. The zero-order valence-corrected chi connectivity index (χ0v) is 16.3. The van der Waals surface area contributed by atoms with E-state index in [1.165, 1.54) is 25.3 Å². The lowest BCUT2D eigenvalue weighted by Crippen LogP contribution is -2.60. The van der Waals surface area contributed by atoms with E-state index in [1.54, 1.807) is 0 Å². The molecule has 1 aliphatic heterocycles. The van der Waals surface area contributed by atoms with E-state index in [0.29, 0.717) is 0 Å². The Morgan fingerprint density at radius 1 is 0.935 bits per heavy atom. The summed E-state index contributed by atoms with van der Waals surface area (Å²) in [7, 11) is 1.25. The predicted molar refractivity (Wildman–Crippen MR) is 103 cm³/mol. The van der Waals surface area contributed by atoms with Gasteiger partial charge in [-0.15, -0.1) is 0 Å². The summed E-state index contributed by atoms with van der Waals surface area (Å²) in [5.74, 6) is -3.10. The molecule has 0 bridgehead atoms. The zero-order valence-electron chi connectivity index (χ0n) is 16.3. The number of aliphatic hydroxyl groups is 4. The molecule has 10 heteroatoms. The minimum Gasteiger partial charge on any atom is -0.508 e. The number of carbonyl (C=O) groups excluding carboxylic acids is 1. The van der Waals surface area contributed by atoms with Crippen molar-refractivity contribution in [1.29, 1.82) is 0 Å². The summed E-state index contributed by atoms with van der Waals surface area (Å²) in [6.07, 6.45) is -7.42. The molecule has 0 radical (unpaired) electrons. The molecule has 0 aromatic heterocycles. The molecule has 166 valence electrons. The second kappa shape index (κ2) is 7.66. The third kappa shape index (κ3) is 3.11. The highest BCUT2D eigenvalue weighted by Gasteiger charge is 2.50. The number of ether oxygens (including phenoxy) is 2. The number of methoxy groups -OCH3 is 1. The molecule has 0 saturated carbocycles. The zero-order chi connectivity index (χ0) is 22.6. The molecule has 2 aromatic carbocycles. The van der Waals surface area contributed by atoms with E-state index in [-0.39, 0.29) is 39.5 Å². The SMILES string of the molecule is COc1c(O)ccc2c1C(=O)c1c(O)cc(O)cc1C2[C@H]1O[C@H](CO)[C@@H](O)[C@@H](O)[C@H]1O. The molecule has 1 fully saturated rings. The highest BCUT2D eigenvalue weighted by molar-refractivity contribution is 6.16. The molecular weight excluding hydrogens is 412 g/mol. The molecule has 1 unspecified atom stereocenters. The number of fused-ring (bicyclic) bond motifs is 2. The summed E-state index contributed by atoms with van der Waals surface area (Å²) in [4.78, 5) is 13.3. The van der Waals surface area contributed by atoms with Gasteiger partial charge in [-0.2, -0.15) is 0 Å². The van der Waals surface area contributed by atoms with Gasteiger partial charge in [0.15, 0.2) is 11.5 Å². The number of hydrogen-bond acceptors (Lipinski definition) is 10. The van der Waals surface area contributed by atoms with Crippen molar-refractivity contribution in [1.82, 2.24) is 0 Å². The molecule has 10 nitrogen and oxygen atoms in total. The number of benzene rings is 2. The predicted octanol–water partition coefficient (Wildman–Crippen LogP) is -0.669. The monoisotopic (exact) mass is 434 g/mol. The van der Waals surface area contributed by atoms with Crippen molar-refractivity contribution in [3.63, 3.8) is 0 Å². The molecule has 7 N–H and O–H groups in total. The molecule has 1 heterocycles. The van der Waals surface area contributed by atoms with Crippen LogP contribution in [0.4, 0.5) is 0 Å². The van der Waals surface area contributed by atoms with Gasteiger partial charge in [0.05, 0.1) is 30.9 Å². The number of phenols is 3. The van der Waals surface area contributed by atoms with E-state index in [9.17, 15) is 40.5 Å². The Morgan fingerprint density at radius 2 is 1.65 bits per heavy atom. The van der Waals surface area contributed by atoms with Crippen LogP contribution < -0.4 is 4.74 Å². The normalized spacial score (nSPS) is 29.9. The summed E-state index contributed by atoms with van der Waals surface area (Å²) in [5.41, 5.74) is 0.0580. The Kier molecular flexibility index (Phi) is 5.28. The maximum Gasteiger partial charge on any atom is 0.201 e. The van der Waals surface area contributed by atoms with Crippen molar-refractivity contribution < 1.29 is 50.0 Å². The highest BCUT2D eigenvalue weighted by atomic mass is 16.5. The van der Waals surface area contributed by atoms with E-state index in [1.807, 2.05) is 0 Å². The van der Waals surface area contributed by atoms with Crippen LogP contribution in [-0.2, 0) is 4.74 Å². The molecule has 0 spiro atoms. The summed E-state index contributed by atoms with van der Waals surface area (Å²) in [6.45, 7) is -0.656. The highest BCUT2D eigenvalue weighted by Crippen LogP contribution is 2.50. The molecule has 1 aliphatic carbocycles. The minimum atomic E-state index is -1.68. The first-order chi connectivity index (χ1) is 14.7. The van der Waals surface area contributed by atoms with Crippen molar-refractivity contribution >= 4 is 5.78 Å².